The van der Waals surface area contributed by atoms with Gasteiger partial charge in [-0.15, -0.1) is 0 Å². The van der Waals surface area contributed by atoms with E-state index < -0.39 is 11.6 Å². The predicted octanol–water partition coefficient (Wildman–Crippen LogP) is 3.33. The van der Waals surface area contributed by atoms with Crippen LogP contribution in [0.1, 0.15) is 11.3 Å². The Bertz CT molecular complexity index is 842. The summed E-state index contributed by atoms with van der Waals surface area (Å²) in [6, 6.07) is 6.91. The van der Waals surface area contributed by atoms with Crippen molar-refractivity contribution in [2.75, 3.05) is 11.9 Å². The van der Waals surface area contributed by atoms with Crippen LogP contribution in [0.4, 0.5) is 14.6 Å². The molecule has 0 aliphatic heterocycles. The number of aliphatic hydroxyl groups excluding tert-OH is 1. The molecule has 126 valence electrons. The average Bonchev–Trinajstić information content (AvgIpc) is 3.15. The molecule has 0 saturated carbocycles. The van der Waals surface area contributed by atoms with E-state index in [0.29, 0.717) is 11.5 Å². The zero-order chi connectivity index (χ0) is 17.1. The quantitative estimate of drug-likeness (QED) is 0.726. The molecule has 0 saturated heterocycles. The fourth-order valence-electron chi connectivity index (χ4n) is 2.47. The first-order chi connectivity index (χ1) is 11.6. The minimum atomic E-state index is -0.494. The lowest BCUT2D eigenvalue weighted by molar-refractivity contribution is 0.270. The smallest absolute Gasteiger partial charge is 0.128 e. The molecule has 7 heteroatoms. The number of furan rings is 1. The maximum atomic E-state index is 13.7. The molecule has 0 bridgehead atoms. The number of aryl methyl sites for hydroxylation is 1. The van der Waals surface area contributed by atoms with Gasteiger partial charge >= 0.3 is 0 Å². The maximum absolute atomic E-state index is 13.7. The van der Waals surface area contributed by atoms with E-state index in [1.54, 1.807) is 23.1 Å². The number of benzene rings is 1. The lowest BCUT2D eigenvalue weighted by Crippen LogP contribution is -2.11. The SMILES string of the molecule is Cc1occc1-c1cc(NCc2cc(F)ccc2F)n(CCO)n1. The van der Waals surface area contributed by atoms with Crippen LogP contribution >= 0.6 is 0 Å². The van der Waals surface area contributed by atoms with E-state index >= 15 is 0 Å². The molecule has 2 aromatic heterocycles. The molecule has 2 N–H and O–H groups in total. The zero-order valence-corrected chi connectivity index (χ0v) is 13.1. The minimum absolute atomic E-state index is 0.0888. The number of halogens is 2. The third-order valence-corrected chi connectivity index (χ3v) is 3.69. The van der Waals surface area contributed by atoms with Gasteiger partial charge in [0, 0.05) is 23.7 Å². The van der Waals surface area contributed by atoms with Gasteiger partial charge in [-0.2, -0.15) is 5.10 Å². The van der Waals surface area contributed by atoms with Crippen LogP contribution in [-0.2, 0) is 13.1 Å². The van der Waals surface area contributed by atoms with E-state index in [2.05, 4.69) is 10.4 Å². The van der Waals surface area contributed by atoms with Crippen LogP contribution in [0.25, 0.3) is 11.3 Å². The summed E-state index contributed by atoms with van der Waals surface area (Å²) in [6.07, 6.45) is 1.57. The van der Waals surface area contributed by atoms with Crippen molar-refractivity contribution in [2.45, 2.75) is 20.0 Å². The van der Waals surface area contributed by atoms with Crippen molar-refractivity contribution in [3.63, 3.8) is 0 Å². The van der Waals surface area contributed by atoms with Gasteiger partial charge < -0.3 is 14.8 Å². The van der Waals surface area contributed by atoms with Crippen LogP contribution in [-0.4, -0.2) is 21.5 Å². The first-order valence-electron chi connectivity index (χ1n) is 7.49. The molecule has 0 aliphatic carbocycles. The fraction of sp³-hybridized carbons (Fsp3) is 0.235. The standard InChI is InChI=1S/C17H17F2N3O2/c1-11-14(4-7-24-11)16-9-17(22(21-16)5-6-23)20-10-12-8-13(18)2-3-15(12)19/h2-4,7-9,20,23H,5-6,10H2,1H3. The number of nitrogens with zero attached hydrogens (tertiary/aromatic N) is 2. The molecule has 2 heterocycles. The molecule has 0 spiro atoms. The molecule has 0 radical (unpaired) electrons. The van der Waals surface area contributed by atoms with Crippen LogP contribution < -0.4 is 5.32 Å². The molecule has 24 heavy (non-hydrogen) atoms. The van der Waals surface area contributed by atoms with Crippen LogP contribution in [0.15, 0.2) is 41.0 Å². The Kier molecular flexibility index (Phi) is 4.61. The van der Waals surface area contributed by atoms with E-state index in [0.717, 1.165) is 29.5 Å². The molecular weight excluding hydrogens is 316 g/mol. The molecule has 0 amide bonds. The highest BCUT2D eigenvalue weighted by atomic mass is 19.1. The molecule has 1 aromatic carbocycles. The first-order valence-corrected chi connectivity index (χ1v) is 7.49. The number of rotatable bonds is 6. The zero-order valence-electron chi connectivity index (χ0n) is 13.1. The van der Waals surface area contributed by atoms with Crippen molar-refractivity contribution in [3.05, 3.63) is 59.6 Å². The van der Waals surface area contributed by atoms with E-state index in [1.165, 1.54) is 0 Å². The van der Waals surface area contributed by atoms with Gasteiger partial charge in [0.15, 0.2) is 0 Å². The van der Waals surface area contributed by atoms with Crippen molar-refractivity contribution in [3.8, 4) is 11.3 Å². The number of hydrogen-bond acceptors (Lipinski definition) is 4. The summed E-state index contributed by atoms with van der Waals surface area (Å²) in [5.41, 5.74) is 1.73. The Labute approximate surface area is 137 Å². The number of hydrogen-bond donors (Lipinski definition) is 2. The molecule has 0 unspecified atom stereocenters. The van der Waals surface area contributed by atoms with Gasteiger partial charge in [0.1, 0.15) is 23.2 Å². The van der Waals surface area contributed by atoms with Gasteiger partial charge in [-0.05, 0) is 31.2 Å². The first kappa shape index (κ1) is 16.2. The predicted molar refractivity (Wildman–Crippen MR) is 85.4 cm³/mol. The van der Waals surface area contributed by atoms with Gasteiger partial charge in [0.2, 0.25) is 0 Å². The third-order valence-electron chi connectivity index (χ3n) is 3.69. The van der Waals surface area contributed by atoms with E-state index in [1.807, 2.05) is 6.92 Å². The van der Waals surface area contributed by atoms with E-state index in [9.17, 15) is 13.9 Å². The number of aromatic nitrogens is 2. The summed E-state index contributed by atoms with van der Waals surface area (Å²) in [6.45, 7) is 2.12. The van der Waals surface area contributed by atoms with Crippen LogP contribution in [0.5, 0.6) is 0 Å². The maximum Gasteiger partial charge on any atom is 0.128 e. The molecule has 0 fully saturated rings. The molecule has 0 aliphatic rings. The molecular formula is C17H17F2N3O2. The number of aliphatic hydroxyl groups is 1. The Hall–Kier alpha value is -2.67. The Morgan fingerprint density at radius 1 is 1.25 bits per heavy atom. The number of nitrogens with one attached hydrogen (secondary N) is 1. The van der Waals surface area contributed by atoms with Crippen molar-refractivity contribution < 1.29 is 18.3 Å². The van der Waals surface area contributed by atoms with Crippen molar-refractivity contribution in [2.24, 2.45) is 0 Å². The summed E-state index contributed by atoms with van der Waals surface area (Å²) < 4.78 is 33.8. The van der Waals surface area contributed by atoms with Crippen LogP contribution in [0.3, 0.4) is 0 Å². The van der Waals surface area contributed by atoms with Crippen molar-refractivity contribution >= 4 is 5.82 Å². The normalized spacial score (nSPS) is 11.0. The molecule has 3 rings (SSSR count). The third kappa shape index (κ3) is 3.30. The Morgan fingerprint density at radius 2 is 2.08 bits per heavy atom. The highest BCUT2D eigenvalue weighted by Gasteiger charge is 2.13. The summed E-state index contributed by atoms with van der Waals surface area (Å²) in [4.78, 5) is 0. The summed E-state index contributed by atoms with van der Waals surface area (Å²) in [7, 11) is 0. The second-order valence-electron chi connectivity index (χ2n) is 5.34. The summed E-state index contributed by atoms with van der Waals surface area (Å²) in [5.74, 6) is 0.351. The van der Waals surface area contributed by atoms with Gasteiger partial charge in [-0.25, -0.2) is 13.5 Å². The van der Waals surface area contributed by atoms with Gasteiger partial charge in [0.25, 0.3) is 0 Å². The Balaban J connectivity index is 1.85. The van der Waals surface area contributed by atoms with Crippen LogP contribution in [0, 0.1) is 18.6 Å². The number of anilines is 1. The highest BCUT2D eigenvalue weighted by molar-refractivity contribution is 5.64. The van der Waals surface area contributed by atoms with E-state index in [4.69, 9.17) is 4.42 Å². The Morgan fingerprint density at radius 3 is 2.79 bits per heavy atom. The average molecular weight is 333 g/mol. The van der Waals surface area contributed by atoms with Crippen LogP contribution in [0.2, 0.25) is 0 Å². The van der Waals surface area contributed by atoms with Crippen molar-refractivity contribution in [1.82, 2.24) is 9.78 Å². The fourth-order valence-corrected chi connectivity index (χ4v) is 2.47. The van der Waals surface area contributed by atoms with Gasteiger partial charge in [-0.1, -0.05) is 0 Å². The largest absolute Gasteiger partial charge is 0.469 e. The van der Waals surface area contributed by atoms with Gasteiger partial charge in [-0.3, -0.25) is 0 Å². The topological polar surface area (TPSA) is 63.2 Å². The second kappa shape index (κ2) is 6.84. The molecule has 3 aromatic rings. The lowest BCUT2D eigenvalue weighted by Gasteiger charge is -2.09. The minimum Gasteiger partial charge on any atom is -0.469 e. The van der Waals surface area contributed by atoms with Crippen molar-refractivity contribution in [1.29, 1.82) is 0 Å². The lowest BCUT2D eigenvalue weighted by atomic mass is 10.2. The monoisotopic (exact) mass is 333 g/mol. The summed E-state index contributed by atoms with van der Waals surface area (Å²) in [5, 5.41) is 16.6. The molecule has 0 atom stereocenters. The van der Waals surface area contributed by atoms with E-state index in [-0.39, 0.29) is 25.3 Å². The summed E-state index contributed by atoms with van der Waals surface area (Å²) >= 11 is 0. The highest BCUT2D eigenvalue weighted by Crippen LogP contribution is 2.26. The molecule has 5 nitrogen and oxygen atoms in total. The van der Waals surface area contributed by atoms with Gasteiger partial charge in [0.05, 0.1) is 25.1 Å². The second-order valence-corrected chi connectivity index (χ2v) is 5.34.